The molecule has 1 fully saturated rings. The van der Waals surface area contributed by atoms with E-state index in [0.717, 1.165) is 25.1 Å². The fourth-order valence-corrected chi connectivity index (χ4v) is 2.74. The molecule has 3 heteroatoms. The van der Waals surface area contributed by atoms with Crippen LogP contribution in [0.1, 0.15) is 38.3 Å². The second-order valence-corrected chi connectivity index (χ2v) is 4.89. The van der Waals surface area contributed by atoms with E-state index >= 15 is 0 Å². The highest BCUT2D eigenvalue weighted by molar-refractivity contribution is 5.12. The number of ether oxygens (including phenoxy) is 1. The van der Waals surface area contributed by atoms with Crippen LogP contribution >= 0.6 is 0 Å². The summed E-state index contributed by atoms with van der Waals surface area (Å²) in [6.07, 6.45) is 4.29. The number of hydrogen-bond donors (Lipinski definition) is 1. The first-order valence-corrected chi connectivity index (χ1v) is 6.52. The summed E-state index contributed by atoms with van der Waals surface area (Å²) < 4.78 is 5.72. The first-order chi connectivity index (χ1) is 8.24. The molecule has 4 atom stereocenters. The molecular weight excluding hydrogens is 212 g/mol. The fourth-order valence-electron chi connectivity index (χ4n) is 2.74. The molecule has 0 aliphatic carbocycles. The van der Waals surface area contributed by atoms with E-state index in [4.69, 9.17) is 10.5 Å². The zero-order valence-electron chi connectivity index (χ0n) is 10.7. The highest BCUT2D eigenvalue weighted by Crippen LogP contribution is 2.31. The number of rotatable bonds is 4. The summed E-state index contributed by atoms with van der Waals surface area (Å²) in [5.41, 5.74) is 7.49. The molecule has 3 nitrogen and oxygen atoms in total. The van der Waals surface area contributed by atoms with Crippen LogP contribution in [0.25, 0.3) is 0 Å². The molecule has 0 amide bonds. The highest BCUT2D eigenvalue weighted by Gasteiger charge is 2.34. The van der Waals surface area contributed by atoms with Crippen molar-refractivity contribution in [3.63, 3.8) is 0 Å². The molecule has 2 N–H and O–H groups in total. The Kier molecular flexibility index (Phi) is 4.13. The Bertz CT molecular complexity index is 341. The lowest BCUT2D eigenvalue weighted by molar-refractivity contribution is 0.0791. The maximum Gasteiger partial charge on any atom is 0.0616 e. The Morgan fingerprint density at radius 3 is 3.00 bits per heavy atom. The van der Waals surface area contributed by atoms with Gasteiger partial charge < -0.3 is 10.5 Å². The summed E-state index contributed by atoms with van der Waals surface area (Å²) in [7, 11) is 0. The van der Waals surface area contributed by atoms with E-state index in [2.05, 4.69) is 24.9 Å². The molecule has 2 rings (SSSR count). The molecule has 1 aromatic rings. The maximum absolute atomic E-state index is 6.40. The summed E-state index contributed by atoms with van der Waals surface area (Å²) >= 11 is 0. The molecule has 2 heterocycles. The van der Waals surface area contributed by atoms with Crippen LogP contribution in [0.3, 0.4) is 0 Å². The van der Waals surface area contributed by atoms with E-state index in [1.54, 1.807) is 0 Å². The molecule has 0 bridgehead atoms. The quantitative estimate of drug-likeness (QED) is 0.869. The maximum atomic E-state index is 6.40. The van der Waals surface area contributed by atoms with Gasteiger partial charge in [0.2, 0.25) is 0 Å². The van der Waals surface area contributed by atoms with Crippen LogP contribution in [-0.2, 0) is 4.74 Å². The van der Waals surface area contributed by atoms with Gasteiger partial charge in [0.05, 0.1) is 6.10 Å². The summed E-state index contributed by atoms with van der Waals surface area (Å²) in [5.74, 6) is 0.758. The zero-order valence-corrected chi connectivity index (χ0v) is 10.7. The van der Waals surface area contributed by atoms with Crippen LogP contribution in [-0.4, -0.2) is 23.7 Å². The van der Waals surface area contributed by atoms with E-state index < -0.39 is 0 Å². The Hall–Kier alpha value is -0.930. The van der Waals surface area contributed by atoms with E-state index in [1.807, 2.05) is 18.3 Å². The van der Waals surface area contributed by atoms with Crippen molar-refractivity contribution in [1.82, 2.24) is 4.98 Å². The van der Waals surface area contributed by atoms with Crippen LogP contribution < -0.4 is 5.73 Å². The van der Waals surface area contributed by atoms with Gasteiger partial charge in [0, 0.05) is 36.4 Å². The molecule has 1 aromatic heterocycles. The molecule has 0 aromatic carbocycles. The summed E-state index contributed by atoms with van der Waals surface area (Å²) in [4.78, 5) is 4.40. The number of hydrogen-bond acceptors (Lipinski definition) is 3. The third-order valence-corrected chi connectivity index (χ3v) is 3.89. The Balaban J connectivity index is 2.07. The molecule has 17 heavy (non-hydrogen) atoms. The smallest absolute Gasteiger partial charge is 0.0616 e. The van der Waals surface area contributed by atoms with Gasteiger partial charge >= 0.3 is 0 Å². The SMILES string of the molecule is CCC1OCCC1C(N)C(C)c1ccccn1. The van der Waals surface area contributed by atoms with Crippen molar-refractivity contribution in [2.45, 2.75) is 44.8 Å². The predicted molar refractivity (Wildman–Crippen MR) is 68.8 cm³/mol. The molecule has 1 aliphatic rings. The van der Waals surface area contributed by atoms with Crippen molar-refractivity contribution in [2.24, 2.45) is 11.7 Å². The van der Waals surface area contributed by atoms with Gasteiger partial charge in [-0.3, -0.25) is 4.98 Å². The molecule has 94 valence electrons. The van der Waals surface area contributed by atoms with Gasteiger partial charge in [-0.15, -0.1) is 0 Å². The Morgan fingerprint density at radius 2 is 2.35 bits per heavy atom. The molecule has 0 saturated carbocycles. The average molecular weight is 234 g/mol. The largest absolute Gasteiger partial charge is 0.378 e. The van der Waals surface area contributed by atoms with E-state index in [0.29, 0.717) is 12.0 Å². The molecule has 0 radical (unpaired) electrons. The minimum atomic E-state index is 0.136. The second-order valence-electron chi connectivity index (χ2n) is 4.89. The van der Waals surface area contributed by atoms with Crippen molar-refractivity contribution < 1.29 is 4.74 Å². The van der Waals surface area contributed by atoms with Crippen molar-refractivity contribution in [3.05, 3.63) is 30.1 Å². The molecular formula is C14H22N2O. The molecule has 1 aliphatic heterocycles. The van der Waals surface area contributed by atoms with Crippen LogP contribution in [0.5, 0.6) is 0 Å². The van der Waals surface area contributed by atoms with Gasteiger partial charge in [0.25, 0.3) is 0 Å². The topological polar surface area (TPSA) is 48.1 Å². The third kappa shape index (κ3) is 2.67. The van der Waals surface area contributed by atoms with Crippen molar-refractivity contribution in [3.8, 4) is 0 Å². The number of pyridine rings is 1. The standard InChI is InChI=1S/C14H22N2O/c1-3-13-11(7-9-17-13)14(15)10(2)12-6-4-5-8-16-12/h4-6,8,10-11,13-14H,3,7,9,15H2,1-2H3. The monoisotopic (exact) mass is 234 g/mol. The van der Waals surface area contributed by atoms with Crippen LogP contribution in [0.4, 0.5) is 0 Å². The van der Waals surface area contributed by atoms with Gasteiger partial charge in [-0.2, -0.15) is 0 Å². The normalized spacial score (nSPS) is 27.9. The first kappa shape index (κ1) is 12.5. The van der Waals surface area contributed by atoms with Gasteiger partial charge in [-0.1, -0.05) is 19.9 Å². The van der Waals surface area contributed by atoms with E-state index in [-0.39, 0.29) is 12.0 Å². The first-order valence-electron chi connectivity index (χ1n) is 6.52. The van der Waals surface area contributed by atoms with Gasteiger partial charge in [0.1, 0.15) is 0 Å². The second kappa shape index (κ2) is 5.61. The Labute approximate surface area is 103 Å². The molecule has 1 saturated heterocycles. The van der Waals surface area contributed by atoms with Crippen LogP contribution in [0.15, 0.2) is 24.4 Å². The summed E-state index contributed by atoms with van der Waals surface area (Å²) in [6.45, 7) is 5.19. The zero-order chi connectivity index (χ0) is 12.3. The average Bonchev–Trinajstić information content (AvgIpc) is 2.86. The molecule has 0 spiro atoms. The lowest BCUT2D eigenvalue weighted by Gasteiger charge is -2.28. The highest BCUT2D eigenvalue weighted by atomic mass is 16.5. The van der Waals surface area contributed by atoms with Crippen LogP contribution in [0.2, 0.25) is 0 Å². The lowest BCUT2D eigenvalue weighted by atomic mass is 9.83. The number of nitrogens with zero attached hydrogens (tertiary/aromatic N) is 1. The van der Waals surface area contributed by atoms with E-state index in [9.17, 15) is 0 Å². The van der Waals surface area contributed by atoms with E-state index in [1.165, 1.54) is 0 Å². The minimum absolute atomic E-state index is 0.136. The summed E-state index contributed by atoms with van der Waals surface area (Å²) in [5, 5.41) is 0. The lowest BCUT2D eigenvalue weighted by Crippen LogP contribution is -2.39. The van der Waals surface area contributed by atoms with Gasteiger partial charge in [-0.25, -0.2) is 0 Å². The number of aromatic nitrogens is 1. The van der Waals surface area contributed by atoms with Crippen LogP contribution in [0, 0.1) is 5.92 Å². The van der Waals surface area contributed by atoms with Crippen molar-refractivity contribution in [1.29, 1.82) is 0 Å². The minimum Gasteiger partial charge on any atom is -0.378 e. The van der Waals surface area contributed by atoms with Gasteiger partial charge in [-0.05, 0) is 25.0 Å². The number of nitrogens with two attached hydrogens (primary N) is 1. The third-order valence-electron chi connectivity index (χ3n) is 3.89. The van der Waals surface area contributed by atoms with Crippen molar-refractivity contribution >= 4 is 0 Å². The van der Waals surface area contributed by atoms with Crippen molar-refractivity contribution in [2.75, 3.05) is 6.61 Å². The molecule has 4 unspecified atom stereocenters. The summed E-state index contributed by atoms with van der Waals surface area (Å²) in [6, 6.07) is 6.15. The van der Waals surface area contributed by atoms with Gasteiger partial charge in [0.15, 0.2) is 0 Å². The fraction of sp³-hybridized carbons (Fsp3) is 0.643. The predicted octanol–water partition coefficient (Wildman–Crippen LogP) is 2.33. The Morgan fingerprint density at radius 1 is 1.53 bits per heavy atom.